The van der Waals surface area contributed by atoms with E-state index in [9.17, 15) is 28.0 Å². The van der Waals surface area contributed by atoms with E-state index >= 15 is 0 Å². The lowest BCUT2D eigenvalue weighted by Gasteiger charge is -2.19. The first-order valence-corrected chi connectivity index (χ1v) is 14.4. The van der Waals surface area contributed by atoms with Gasteiger partial charge in [0.1, 0.15) is 30.3 Å². The molecule has 0 saturated heterocycles. The van der Waals surface area contributed by atoms with Crippen LogP contribution in [-0.4, -0.2) is 82.1 Å². The number of carbonyl (C=O) groups is 3. The Kier molecular flexibility index (Phi) is 11.1. The summed E-state index contributed by atoms with van der Waals surface area (Å²) < 4.78 is 39.8. The van der Waals surface area contributed by atoms with Crippen LogP contribution in [0.4, 0.5) is 19.3 Å². The number of fused-ring (bicyclic) bond motifs is 1. The molecule has 4 rings (SSSR count). The predicted octanol–water partition coefficient (Wildman–Crippen LogP) is 3.43. The van der Waals surface area contributed by atoms with Crippen LogP contribution in [-0.2, 0) is 40.3 Å². The van der Waals surface area contributed by atoms with Gasteiger partial charge < -0.3 is 23.8 Å². The van der Waals surface area contributed by atoms with Gasteiger partial charge in [-0.2, -0.15) is 4.98 Å². The van der Waals surface area contributed by atoms with E-state index in [1.807, 2.05) is 0 Å². The Hall–Kier alpha value is -5.27. The molecule has 12 nitrogen and oxygen atoms in total. The number of Topliss-reactive ketones (excluding diaryl/α,β-unsaturated/α-hetero) is 1. The first-order chi connectivity index (χ1) is 21.9. The number of likely N-dealkylation sites (N-methyl/N-ethyl adjacent to an activating group) is 1. The van der Waals surface area contributed by atoms with Gasteiger partial charge in [0.2, 0.25) is 11.8 Å². The van der Waals surface area contributed by atoms with Crippen molar-refractivity contribution >= 4 is 29.2 Å². The molecule has 0 N–H and O–H groups in total. The number of hydrogen-bond acceptors (Lipinski definition) is 9. The average Bonchev–Trinajstić information content (AvgIpc) is 3.43. The molecule has 46 heavy (non-hydrogen) atoms. The van der Waals surface area contributed by atoms with Crippen molar-refractivity contribution in [3.05, 3.63) is 93.8 Å². The minimum Gasteiger partial charge on any atom is -0.471 e. The topological polar surface area (TPSA) is 136 Å². The van der Waals surface area contributed by atoms with Crippen LogP contribution in [0.25, 0.3) is 0 Å². The number of aromatic nitrogens is 3. The van der Waals surface area contributed by atoms with Crippen molar-refractivity contribution in [1.82, 2.24) is 24.3 Å². The summed E-state index contributed by atoms with van der Waals surface area (Å²) in [5.74, 6) is -2.00. The van der Waals surface area contributed by atoms with E-state index < -0.39 is 35.2 Å². The molecule has 1 aromatic carbocycles. The van der Waals surface area contributed by atoms with E-state index in [1.54, 1.807) is 32.4 Å². The van der Waals surface area contributed by atoms with Gasteiger partial charge in [0.05, 0.1) is 12.2 Å². The molecule has 1 aliphatic rings. The third kappa shape index (κ3) is 8.67. The number of aliphatic imine (C=N–C) groups is 1. The fourth-order valence-corrected chi connectivity index (χ4v) is 4.45. The first-order valence-electron chi connectivity index (χ1n) is 14.4. The highest BCUT2D eigenvalue weighted by Crippen LogP contribution is 2.33. The lowest BCUT2D eigenvalue weighted by atomic mass is 10.0. The standard InChI is InChI=1S/C32H34F2N6O6/c1-38(2)28(42)10-6-5-9-27(46-32(44)39(3)4)26(41)14-20-8-7-13-40(31(20)43)17-23-16-25-29(37-23)30(36-19-35-25)45-18-21-11-12-22(33)15-24(21)34/h6-8,10-13,15,19,27H,5,9,14,16-18H2,1-4H3/b10-6+/t27-/m0/s1. The number of amides is 2. The molecular formula is C32H34F2N6O6. The van der Waals surface area contributed by atoms with Crippen molar-refractivity contribution in [2.24, 2.45) is 4.99 Å². The van der Waals surface area contributed by atoms with Crippen LogP contribution in [0.5, 0.6) is 5.88 Å². The maximum Gasteiger partial charge on any atom is 0.409 e. The highest BCUT2D eigenvalue weighted by Gasteiger charge is 2.26. The zero-order chi connectivity index (χ0) is 33.4. The van der Waals surface area contributed by atoms with Crippen LogP contribution < -0.4 is 10.3 Å². The van der Waals surface area contributed by atoms with Crippen LogP contribution >= 0.6 is 0 Å². The van der Waals surface area contributed by atoms with Gasteiger partial charge in [0.25, 0.3) is 5.56 Å². The highest BCUT2D eigenvalue weighted by molar-refractivity contribution is 5.94. The molecular weight excluding hydrogens is 602 g/mol. The Bertz CT molecular complexity index is 1740. The molecule has 0 unspecified atom stereocenters. The number of ketones is 1. The number of pyridine rings is 1. The van der Waals surface area contributed by atoms with E-state index in [0.717, 1.165) is 12.1 Å². The largest absolute Gasteiger partial charge is 0.471 e. The van der Waals surface area contributed by atoms with Crippen LogP contribution in [0.3, 0.4) is 0 Å². The Labute approximate surface area is 264 Å². The Morgan fingerprint density at radius 3 is 2.57 bits per heavy atom. The number of carbonyl (C=O) groups excluding carboxylic acids is 3. The van der Waals surface area contributed by atoms with E-state index in [4.69, 9.17) is 9.47 Å². The zero-order valence-electron chi connectivity index (χ0n) is 25.9. The SMILES string of the molecule is CN(C)C(=O)/C=C/CC[C@H](OC(=O)N(C)C)C(=O)Cc1cccn(CC2=Nc3c(ncnc3OCc3ccc(F)cc3F)C2)c1=O. The van der Waals surface area contributed by atoms with E-state index in [2.05, 4.69) is 15.0 Å². The summed E-state index contributed by atoms with van der Waals surface area (Å²) in [6.45, 7) is -0.113. The van der Waals surface area contributed by atoms with Crippen LogP contribution in [0.15, 0.2) is 64.8 Å². The molecule has 3 heterocycles. The molecule has 1 atom stereocenters. The molecule has 0 fully saturated rings. The van der Waals surface area contributed by atoms with Crippen LogP contribution in [0.1, 0.15) is 29.7 Å². The van der Waals surface area contributed by atoms with Gasteiger partial charge in [-0.1, -0.05) is 12.1 Å². The molecule has 0 radical (unpaired) electrons. The second-order valence-electron chi connectivity index (χ2n) is 10.9. The molecule has 0 spiro atoms. The molecule has 2 aromatic heterocycles. The van der Waals surface area contributed by atoms with Gasteiger partial charge >= 0.3 is 6.09 Å². The summed E-state index contributed by atoms with van der Waals surface area (Å²) in [6.07, 6.45) is 4.46. The lowest BCUT2D eigenvalue weighted by molar-refractivity contribution is -0.127. The fourth-order valence-electron chi connectivity index (χ4n) is 4.45. The van der Waals surface area contributed by atoms with Gasteiger partial charge in [0.15, 0.2) is 11.9 Å². The molecule has 2 amide bonds. The minimum atomic E-state index is -1.13. The maximum absolute atomic E-state index is 14.1. The van der Waals surface area contributed by atoms with E-state index in [-0.39, 0.29) is 48.9 Å². The quantitative estimate of drug-likeness (QED) is 0.261. The third-order valence-electron chi connectivity index (χ3n) is 6.97. The van der Waals surface area contributed by atoms with Gasteiger partial charge in [-0.25, -0.2) is 23.6 Å². The van der Waals surface area contributed by atoms with Crippen molar-refractivity contribution in [2.45, 2.75) is 44.9 Å². The third-order valence-corrected chi connectivity index (χ3v) is 6.97. The smallest absolute Gasteiger partial charge is 0.409 e. The van der Waals surface area contributed by atoms with Gasteiger partial charge in [-0.15, -0.1) is 0 Å². The monoisotopic (exact) mass is 636 g/mol. The van der Waals surface area contributed by atoms with Crippen molar-refractivity contribution in [3.63, 3.8) is 0 Å². The average molecular weight is 637 g/mol. The van der Waals surface area contributed by atoms with Crippen molar-refractivity contribution in [3.8, 4) is 5.88 Å². The summed E-state index contributed by atoms with van der Waals surface area (Å²) in [5.41, 5.74) is 1.42. The van der Waals surface area contributed by atoms with Crippen LogP contribution in [0.2, 0.25) is 0 Å². The molecule has 242 valence electrons. The van der Waals surface area contributed by atoms with Crippen molar-refractivity contribution in [2.75, 3.05) is 28.2 Å². The predicted molar refractivity (Wildman–Crippen MR) is 164 cm³/mol. The summed E-state index contributed by atoms with van der Waals surface area (Å²) >= 11 is 0. The summed E-state index contributed by atoms with van der Waals surface area (Å²) in [5, 5.41) is 0. The minimum absolute atomic E-state index is 0.0903. The molecule has 3 aromatic rings. The molecule has 0 saturated carbocycles. The molecule has 1 aliphatic heterocycles. The fraction of sp³-hybridized carbons (Fsp3) is 0.344. The maximum atomic E-state index is 14.1. The number of allylic oxidation sites excluding steroid dienone is 1. The van der Waals surface area contributed by atoms with Gasteiger partial charge in [-0.3, -0.25) is 14.4 Å². The van der Waals surface area contributed by atoms with E-state index in [1.165, 1.54) is 53.0 Å². The number of hydrogen-bond donors (Lipinski definition) is 0. The second-order valence-corrected chi connectivity index (χ2v) is 10.9. The summed E-state index contributed by atoms with van der Waals surface area (Å²) in [4.78, 5) is 66.2. The van der Waals surface area contributed by atoms with Crippen LogP contribution in [0, 0.1) is 11.6 Å². The van der Waals surface area contributed by atoms with Crippen molar-refractivity contribution < 1.29 is 32.6 Å². The Morgan fingerprint density at radius 1 is 1.07 bits per heavy atom. The Morgan fingerprint density at radius 2 is 1.85 bits per heavy atom. The summed E-state index contributed by atoms with van der Waals surface area (Å²) in [6, 6.07) is 6.35. The summed E-state index contributed by atoms with van der Waals surface area (Å²) in [7, 11) is 6.21. The highest BCUT2D eigenvalue weighted by atomic mass is 19.1. The number of nitrogens with zero attached hydrogens (tertiary/aromatic N) is 6. The normalized spacial score (nSPS) is 12.8. The number of ether oxygens (including phenoxy) is 2. The second kappa shape index (κ2) is 15.1. The molecule has 14 heteroatoms. The van der Waals surface area contributed by atoms with Crippen molar-refractivity contribution in [1.29, 1.82) is 0 Å². The number of halogens is 2. The zero-order valence-corrected chi connectivity index (χ0v) is 25.9. The van der Waals surface area contributed by atoms with Gasteiger partial charge in [-0.05, 0) is 37.1 Å². The van der Waals surface area contributed by atoms with Gasteiger partial charge in [0, 0.05) is 70.1 Å². The molecule has 0 aliphatic carbocycles. The molecule has 0 bridgehead atoms. The lowest BCUT2D eigenvalue weighted by Crippen LogP contribution is -2.35. The Balaban J connectivity index is 1.45. The number of benzene rings is 1. The van der Waals surface area contributed by atoms with E-state index in [0.29, 0.717) is 29.9 Å². The first kappa shape index (κ1) is 33.6. The number of rotatable bonds is 13.